The van der Waals surface area contributed by atoms with Gasteiger partial charge in [-0.25, -0.2) is 13.1 Å². The van der Waals surface area contributed by atoms with Gasteiger partial charge in [-0.2, -0.15) is 0 Å². The molecule has 0 spiro atoms. The molecule has 4 nitrogen and oxygen atoms in total. The second-order valence-electron chi connectivity index (χ2n) is 2.52. The van der Waals surface area contributed by atoms with Crippen molar-refractivity contribution in [2.45, 2.75) is 32.2 Å². The van der Waals surface area contributed by atoms with Gasteiger partial charge in [0.05, 0.1) is 0 Å². The van der Waals surface area contributed by atoms with Gasteiger partial charge in [0, 0.05) is 6.04 Å². The Balaban J connectivity index is 0. The van der Waals surface area contributed by atoms with Crippen LogP contribution in [0.3, 0.4) is 0 Å². The molecule has 0 amide bonds. The molecule has 1 atom stereocenters. The zero-order valence-electron chi connectivity index (χ0n) is 6.87. The van der Waals surface area contributed by atoms with E-state index < -0.39 is 15.4 Å². The Kier molecular flexibility index (Phi) is 6.14. The van der Waals surface area contributed by atoms with E-state index in [1.54, 1.807) is 13.8 Å². The van der Waals surface area contributed by atoms with Crippen molar-refractivity contribution in [3.8, 4) is 0 Å². The molecule has 6 heteroatoms. The molecule has 11 heavy (non-hydrogen) atoms. The third kappa shape index (κ3) is 5.43. The Hall–Kier alpha value is 0.160. The summed E-state index contributed by atoms with van der Waals surface area (Å²) in [5, 5.41) is -0.838. The number of hydrogen-bond donors (Lipinski definition) is 2. The van der Waals surface area contributed by atoms with Gasteiger partial charge in [0.25, 0.3) is 0 Å². The van der Waals surface area contributed by atoms with E-state index in [9.17, 15) is 8.42 Å². The van der Waals surface area contributed by atoms with Crippen LogP contribution in [0.25, 0.3) is 0 Å². The van der Waals surface area contributed by atoms with Crippen molar-refractivity contribution < 1.29 is 8.42 Å². The lowest BCUT2D eigenvalue weighted by Gasteiger charge is -2.11. The molecule has 0 fully saturated rings. The maximum absolute atomic E-state index is 10.9. The van der Waals surface area contributed by atoms with Crippen LogP contribution in [0.1, 0.15) is 20.8 Å². The van der Waals surface area contributed by atoms with Gasteiger partial charge >= 0.3 is 0 Å². The molecule has 0 bridgehead atoms. The summed E-state index contributed by atoms with van der Waals surface area (Å²) in [5.74, 6) is 0. The molecule has 0 rings (SSSR count). The monoisotopic (exact) mass is 202 g/mol. The maximum Gasteiger partial charge on any atom is 0.227 e. The van der Waals surface area contributed by atoms with Gasteiger partial charge in [0.2, 0.25) is 10.0 Å². The van der Waals surface area contributed by atoms with Crippen molar-refractivity contribution in [2.75, 3.05) is 0 Å². The zero-order valence-corrected chi connectivity index (χ0v) is 8.50. The smallest absolute Gasteiger partial charge is 0.227 e. The average Bonchev–Trinajstić information content (AvgIpc) is 1.60. The van der Waals surface area contributed by atoms with Crippen LogP contribution >= 0.6 is 12.4 Å². The molecular formula is C5H15ClN2O2S. The molecule has 0 aromatic carbocycles. The fourth-order valence-electron chi connectivity index (χ4n) is 0.436. The van der Waals surface area contributed by atoms with Crippen molar-refractivity contribution >= 4 is 22.4 Å². The van der Waals surface area contributed by atoms with E-state index in [1.807, 2.05) is 0 Å². The van der Waals surface area contributed by atoms with E-state index in [2.05, 4.69) is 4.72 Å². The lowest BCUT2D eigenvalue weighted by atomic mass is 10.4. The number of rotatable bonds is 3. The van der Waals surface area contributed by atoms with Crippen LogP contribution in [-0.4, -0.2) is 19.8 Å². The molecular weight excluding hydrogens is 188 g/mol. The molecule has 0 saturated carbocycles. The zero-order chi connectivity index (χ0) is 8.36. The highest BCUT2D eigenvalue weighted by Crippen LogP contribution is 1.91. The maximum atomic E-state index is 10.9. The van der Waals surface area contributed by atoms with Crippen molar-refractivity contribution in [3.05, 3.63) is 0 Å². The number of hydrogen-bond acceptors (Lipinski definition) is 3. The van der Waals surface area contributed by atoms with Gasteiger partial charge in [0.15, 0.2) is 0 Å². The minimum absolute atomic E-state index is 0. The molecule has 0 aliphatic heterocycles. The number of halogens is 1. The summed E-state index contributed by atoms with van der Waals surface area (Å²) in [6.45, 7) is 4.94. The first-order valence-corrected chi connectivity index (χ1v) is 4.67. The summed E-state index contributed by atoms with van der Waals surface area (Å²) in [4.78, 5) is 0. The standard InChI is InChI=1S/C5H14N2O2S.ClH/c1-4(2)7-10(8,9)5(3)6;/h4-5,7H,6H2,1-3H3;1H. The summed E-state index contributed by atoms with van der Waals surface area (Å²) >= 11 is 0. The van der Waals surface area contributed by atoms with E-state index in [1.165, 1.54) is 6.92 Å². The minimum atomic E-state index is -3.27. The molecule has 0 aromatic heterocycles. The predicted molar refractivity (Wildman–Crippen MR) is 48.1 cm³/mol. The first kappa shape index (κ1) is 13.7. The molecule has 3 N–H and O–H groups in total. The van der Waals surface area contributed by atoms with E-state index in [-0.39, 0.29) is 18.4 Å². The van der Waals surface area contributed by atoms with E-state index in [4.69, 9.17) is 5.73 Å². The van der Waals surface area contributed by atoms with Gasteiger partial charge in [-0.15, -0.1) is 12.4 Å². The van der Waals surface area contributed by atoms with Gasteiger partial charge in [-0.3, -0.25) is 0 Å². The third-order valence-corrected chi connectivity index (χ3v) is 2.67. The molecule has 0 aliphatic carbocycles. The van der Waals surface area contributed by atoms with Crippen molar-refractivity contribution in [1.29, 1.82) is 0 Å². The van der Waals surface area contributed by atoms with Crippen molar-refractivity contribution in [2.24, 2.45) is 5.73 Å². The molecule has 0 heterocycles. The Morgan fingerprint density at radius 2 is 1.64 bits per heavy atom. The third-order valence-electron chi connectivity index (χ3n) is 0.889. The van der Waals surface area contributed by atoms with Gasteiger partial charge < -0.3 is 5.73 Å². The van der Waals surface area contributed by atoms with Gasteiger partial charge in [0.1, 0.15) is 5.37 Å². The van der Waals surface area contributed by atoms with Crippen LogP contribution in [0, 0.1) is 0 Å². The number of nitrogens with two attached hydrogens (primary N) is 1. The van der Waals surface area contributed by atoms with Crippen molar-refractivity contribution in [3.63, 3.8) is 0 Å². The van der Waals surface area contributed by atoms with E-state index in [0.717, 1.165) is 0 Å². The van der Waals surface area contributed by atoms with E-state index >= 15 is 0 Å². The van der Waals surface area contributed by atoms with Crippen LogP contribution in [0.5, 0.6) is 0 Å². The number of nitrogens with one attached hydrogen (secondary N) is 1. The average molecular weight is 203 g/mol. The summed E-state index contributed by atoms with van der Waals surface area (Å²) in [6, 6.07) is -0.0870. The summed E-state index contributed by atoms with van der Waals surface area (Å²) in [7, 11) is -3.27. The van der Waals surface area contributed by atoms with Crippen LogP contribution < -0.4 is 10.5 Å². The van der Waals surface area contributed by atoms with Crippen LogP contribution in [0.4, 0.5) is 0 Å². The fourth-order valence-corrected chi connectivity index (χ4v) is 1.31. The Bertz CT molecular complexity index is 189. The molecule has 0 saturated heterocycles. The van der Waals surface area contributed by atoms with Gasteiger partial charge in [-0.1, -0.05) is 0 Å². The van der Waals surface area contributed by atoms with Crippen molar-refractivity contribution in [1.82, 2.24) is 4.72 Å². The lowest BCUT2D eigenvalue weighted by Crippen LogP contribution is -2.41. The summed E-state index contributed by atoms with van der Waals surface area (Å²) < 4.78 is 24.2. The van der Waals surface area contributed by atoms with E-state index in [0.29, 0.717) is 0 Å². The highest BCUT2D eigenvalue weighted by molar-refractivity contribution is 7.90. The van der Waals surface area contributed by atoms with Crippen LogP contribution in [0.2, 0.25) is 0 Å². The molecule has 1 unspecified atom stereocenters. The van der Waals surface area contributed by atoms with Gasteiger partial charge in [-0.05, 0) is 20.8 Å². The minimum Gasteiger partial charge on any atom is -0.314 e. The summed E-state index contributed by atoms with van der Waals surface area (Å²) in [6.07, 6.45) is 0. The van der Waals surface area contributed by atoms with Crippen LogP contribution in [0.15, 0.2) is 0 Å². The highest BCUT2D eigenvalue weighted by Gasteiger charge is 2.16. The highest BCUT2D eigenvalue weighted by atomic mass is 35.5. The lowest BCUT2D eigenvalue weighted by molar-refractivity contribution is 0.558. The molecule has 0 radical (unpaired) electrons. The first-order valence-electron chi connectivity index (χ1n) is 3.13. The molecule has 0 aliphatic rings. The predicted octanol–water partition coefficient (Wildman–Crippen LogP) is 0.0407. The largest absolute Gasteiger partial charge is 0.314 e. The second-order valence-corrected chi connectivity index (χ2v) is 4.59. The normalized spacial score (nSPS) is 14.3. The Labute approximate surface area is 74.0 Å². The quantitative estimate of drug-likeness (QED) is 0.679. The summed E-state index contributed by atoms with van der Waals surface area (Å²) in [5.41, 5.74) is 5.17. The SMILES string of the molecule is CC(C)NS(=O)(=O)C(C)N.Cl. The number of sulfonamides is 1. The molecule has 70 valence electrons. The first-order chi connectivity index (χ1) is 4.36. The Morgan fingerprint density at radius 1 is 1.27 bits per heavy atom. The fraction of sp³-hybridized carbons (Fsp3) is 1.00. The Morgan fingerprint density at radius 3 is 1.73 bits per heavy atom. The second kappa shape index (κ2) is 4.92. The topological polar surface area (TPSA) is 72.2 Å². The molecule has 0 aromatic rings. The van der Waals surface area contributed by atoms with Crippen LogP contribution in [-0.2, 0) is 10.0 Å².